The molecule has 0 aromatic heterocycles. The molecule has 2 rings (SSSR count). The van der Waals surface area contributed by atoms with Crippen LogP contribution in [-0.4, -0.2) is 64.4 Å². The van der Waals surface area contributed by atoms with Gasteiger partial charge < -0.3 is 30.3 Å². The number of aliphatic hydroxyl groups is 1. The summed E-state index contributed by atoms with van der Waals surface area (Å²) in [5, 5.41) is 35.5. The normalized spacial score (nSPS) is 12.9. The van der Waals surface area contributed by atoms with Crippen molar-refractivity contribution in [1.82, 2.24) is 10.6 Å². The molecule has 2 aromatic rings. The first-order chi connectivity index (χ1) is 18.1. The molecule has 0 bridgehead atoms. The highest BCUT2D eigenvalue weighted by Crippen LogP contribution is 2.27. The molecule has 13 heteroatoms. The molecule has 0 aliphatic carbocycles. The van der Waals surface area contributed by atoms with Crippen molar-refractivity contribution < 1.29 is 43.8 Å². The number of nitrogens with zero attached hydrogens (tertiary/aromatic N) is 1. The highest BCUT2D eigenvalue weighted by Gasteiger charge is 2.34. The lowest BCUT2D eigenvalue weighted by molar-refractivity contribution is -0.384. The average molecular weight is 532 g/mol. The Kier molecular flexibility index (Phi) is 11.6. The Morgan fingerprint density at radius 1 is 1.00 bits per heavy atom. The molecule has 204 valence electrons. The number of aliphatic hydroxyl groups excluding tert-OH is 1. The van der Waals surface area contributed by atoms with Gasteiger partial charge in [0, 0.05) is 24.6 Å². The molecular weight excluding hydrogens is 502 g/mol. The Labute approximate surface area is 217 Å². The number of alkyl carbamates (subject to hydrolysis) is 1. The van der Waals surface area contributed by atoms with Gasteiger partial charge in [0.1, 0.15) is 12.6 Å². The van der Waals surface area contributed by atoms with Crippen molar-refractivity contribution in [1.29, 1.82) is 0 Å². The molecule has 0 saturated carbocycles. The smallest absolute Gasteiger partial charge is 0.407 e. The molecule has 38 heavy (non-hydrogen) atoms. The number of hydrogen-bond acceptors (Lipinski definition) is 9. The molecule has 0 unspecified atom stereocenters. The molecule has 13 nitrogen and oxygen atoms in total. The van der Waals surface area contributed by atoms with Crippen molar-refractivity contribution in [2.75, 3.05) is 13.2 Å². The molecule has 0 aliphatic rings. The van der Waals surface area contributed by atoms with Crippen LogP contribution in [0.1, 0.15) is 36.8 Å². The summed E-state index contributed by atoms with van der Waals surface area (Å²) in [6.45, 7) is 1.28. The maximum atomic E-state index is 12.5. The van der Waals surface area contributed by atoms with E-state index in [1.165, 1.54) is 12.1 Å². The van der Waals surface area contributed by atoms with E-state index in [1.807, 2.05) is 6.07 Å². The Morgan fingerprint density at radius 3 is 2.24 bits per heavy atom. The van der Waals surface area contributed by atoms with Gasteiger partial charge in [0.05, 0.1) is 30.5 Å². The topological polar surface area (TPSA) is 194 Å². The third kappa shape index (κ3) is 9.85. The second-order valence-electron chi connectivity index (χ2n) is 8.15. The van der Waals surface area contributed by atoms with Gasteiger partial charge in [-0.2, -0.15) is 0 Å². The molecule has 0 fully saturated rings. The summed E-state index contributed by atoms with van der Waals surface area (Å²) >= 11 is 0. The minimum absolute atomic E-state index is 0.00798. The van der Waals surface area contributed by atoms with Crippen molar-refractivity contribution in [3.05, 3.63) is 75.8 Å². The van der Waals surface area contributed by atoms with E-state index in [4.69, 9.17) is 9.47 Å². The van der Waals surface area contributed by atoms with Crippen LogP contribution in [0.25, 0.3) is 0 Å². The summed E-state index contributed by atoms with van der Waals surface area (Å²) in [5.41, 5.74) is 0.768. The van der Waals surface area contributed by atoms with E-state index < -0.39 is 59.8 Å². The summed E-state index contributed by atoms with van der Waals surface area (Å²) in [7, 11) is 0. The summed E-state index contributed by atoms with van der Waals surface area (Å²) in [6, 6.07) is 12.2. The zero-order chi connectivity index (χ0) is 28.1. The summed E-state index contributed by atoms with van der Waals surface area (Å²) in [5.74, 6) is -4.18. The minimum Gasteiger partial charge on any atom is -0.480 e. The molecule has 2 aromatic carbocycles. The fraction of sp³-hybridized carbons (Fsp3) is 0.360. The number of nitro benzene ring substituents is 1. The van der Waals surface area contributed by atoms with E-state index in [9.17, 15) is 39.5 Å². The second kappa shape index (κ2) is 14.9. The number of hydrogen-bond donors (Lipinski definition) is 4. The molecule has 0 saturated heterocycles. The summed E-state index contributed by atoms with van der Waals surface area (Å²) in [4.78, 5) is 58.9. The maximum absolute atomic E-state index is 12.5. The van der Waals surface area contributed by atoms with Crippen LogP contribution in [0.2, 0.25) is 0 Å². The van der Waals surface area contributed by atoms with Gasteiger partial charge in [0.2, 0.25) is 5.91 Å². The Bertz CT molecular complexity index is 1110. The number of carbonyl (C=O) groups excluding carboxylic acids is 3. The summed E-state index contributed by atoms with van der Waals surface area (Å²) < 4.78 is 9.93. The summed E-state index contributed by atoms with van der Waals surface area (Å²) in [6.07, 6.45) is -3.17. The van der Waals surface area contributed by atoms with E-state index in [-0.39, 0.29) is 31.0 Å². The van der Waals surface area contributed by atoms with Crippen LogP contribution < -0.4 is 10.6 Å². The molecular formula is C25H29N3O10. The van der Waals surface area contributed by atoms with Crippen molar-refractivity contribution in [2.45, 2.75) is 44.4 Å². The fourth-order valence-corrected chi connectivity index (χ4v) is 3.50. The van der Waals surface area contributed by atoms with E-state index in [2.05, 4.69) is 10.6 Å². The standard InChI is InChI=1S/C25H29N3O10/c1-2-37-22(31)13-20(17-8-10-18(11-9-17)28(35)36)23(24(32)33)27-21(30)12-19(29)14-26-25(34)38-15-16-6-4-3-5-7-16/h3-11,19-20,23,29H,2,12-15H2,1H3,(H,26,34)(H,27,30)(H,32,33)/t19-,20+,23+/m0/s1. The average Bonchev–Trinajstić information content (AvgIpc) is 2.89. The molecule has 4 N–H and O–H groups in total. The van der Waals surface area contributed by atoms with Crippen LogP contribution in [0.15, 0.2) is 54.6 Å². The van der Waals surface area contributed by atoms with Gasteiger partial charge in [-0.25, -0.2) is 9.59 Å². The van der Waals surface area contributed by atoms with Crippen LogP contribution in [0.3, 0.4) is 0 Å². The molecule has 0 radical (unpaired) electrons. The number of carboxylic acid groups (broad SMARTS) is 1. The predicted octanol–water partition coefficient (Wildman–Crippen LogP) is 1.88. The number of carbonyl (C=O) groups is 4. The Morgan fingerprint density at radius 2 is 1.66 bits per heavy atom. The number of benzene rings is 2. The number of nitro groups is 1. The van der Waals surface area contributed by atoms with Crippen molar-refractivity contribution in [3.63, 3.8) is 0 Å². The molecule has 3 atom stereocenters. The van der Waals surface area contributed by atoms with E-state index >= 15 is 0 Å². The van der Waals surface area contributed by atoms with Crippen LogP contribution in [0.5, 0.6) is 0 Å². The molecule has 0 spiro atoms. The first-order valence-corrected chi connectivity index (χ1v) is 11.7. The van der Waals surface area contributed by atoms with Crippen LogP contribution in [-0.2, 0) is 30.5 Å². The number of rotatable bonds is 14. The minimum atomic E-state index is -1.62. The van der Waals surface area contributed by atoms with Crippen molar-refractivity contribution in [3.8, 4) is 0 Å². The predicted molar refractivity (Wildman–Crippen MR) is 132 cm³/mol. The van der Waals surface area contributed by atoms with E-state index in [0.29, 0.717) is 0 Å². The number of carboxylic acids is 1. The number of amides is 2. The fourth-order valence-electron chi connectivity index (χ4n) is 3.50. The quantitative estimate of drug-likeness (QED) is 0.159. The monoisotopic (exact) mass is 531 g/mol. The zero-order valence-corrected chi connectivity index (χ0v) is 20.6. The SMILES string of the molecule is CCOC(=O)C[C@H](c1ccc([N+](=O)[O-])cc1)[C@@H](NC(=O)C[C@H](O)CNC(=O)OCc1ccccc1)C(=O)O. The lowest BCUT2D eigenvalue weighted by Gasteiger charge is -2.25. The third-order valence-electron chi connectivity index (χ3n) is 5.32. The third-order valence-corrected chi connectivity index (χ3v) is 5.32. The Balaban J connectivity index is 2.00. The van der Waals surface area contributed by atoms with E-state index in [1.54, 1.807) is 31.2 Å². The molecule has 2 amide bonds. The number of non-ortho nitro benzene ring substituents is 1. The van der Waals surface area contributed by atoms with Crippen LogP contribution in [0.4, 0.5) is 10.5 Å². The second-order valence-corrected chi connectivity index (χ2v) is 8.15. The van der Waals surface area contributed by atoms with Crippen LogP contribution >= 0.6 is 0 Å². The van der Waals surface area contributed by atoms with Gasteiger partial charge in [-0.1, -0.05) is 42.5 Å². The highest BCUT2D eigenvalue weighted by atomic mass is 16.6. The molecule has 0 heterocycles. The van der Waals surface area contributed by atoms with Gasteiger partial charge in [0.25, 0.3) is 5.69 Å². The van der Waals surface area contributed by atoms with Gasteiger partial charge in [-0.15, -0.1) is 0 Å². The van der Waals surface area contributed by atoms with Crippen LogP contribution in [0, 0.1) is 10.1 Å². The van der Waals surface area contributed by atoms with Gasteiger partial charge in [-0.05, 0) is 18.1 Å². The Hall–Kier alpha value is -4.52. The van der Waals surface area contributed by atoms with Crippen molar-refractivity contribution >= 4 is 29.6 Å². The largest absolute Gasteiger partial charge is 0.480 e. The number of nitrogens with one attached hydrogen (secondary N) is 2. The van der Waals surface area contributed by atoms with E-state index in [0.717, 1.165) is 17.7 Å². The van der Waals surface area contributed by atoms with Gasteiger partial charge in [-0.3, -0.25) is 19.7 Å². The number of aliphatic carboxylic acids is 1. The number of esters is 1. The lowest BCUT2D eigenvalue weighted by Crippen LogP contribution is -2.47. The van der Waals surface area contributed by atoms with Crippen molar-refractivity contribution in [2.24, 2.45) is 0 Å². The first kappa shape index (κ1) is 29.7. The van der Waals surface area contributed by atoms with Gasteiger partial charge >= 0.3 is 18.0 Å². The highest BCUT2D eigenvalue weighted by molar-refractivity contribution is 5.85. The number of ether oxygens (including phenoxy) is 2. The molecule has 0 aliphatic heterocycles. The zero-order valence-electron chi connectivity index (χ0n) is 20.6. The maximum Gasteiger partial charge on any atom is 0.407 e. The lowest BCUT2D eigenvalue weighted by atomic mass is 9.88. The van der Waals surface area contributed by atoms with Gasteiger partial charge in [0.15, 0.2) is 0 Å². The first-order valence-electron chi connectivity index (χ1n) is 11.7.